The number of carbonyl (C=O) groups is 1. The van der Waals surface area contributed by atoms with Gasteiger partial charge in [0.25, 0.3) is 0 Å². The zero-order valence-corrected chi connectivity index (χ0v) is 13.4. The Hall–Kier alpha value is -1.87. The van der Waals surface area contributed by atoms with Crippen LogP contribution >= 0.6 is 0 Å². The topological polar surface area (TPSA) is 32.3 Å². The number of amides is 1. The fourth-order valence-electron chi connectivity index (χ4n) is 2.90. The molecule has 1 aromatic rings. The fraction of sp³-hybridized carbons (Fsp3) is 0.421. The van der Waals surface area contributed by atoms with Gasteiger partial charge in [0.2, 0.25) is 5.91 Å². The average Bonchev–Trinajstić information content (AvgIpc) is 2.54. The quantitative estimate of drug-likeness (QED) is 0.819. The minimum atomic E-state index is 0.162. The summed E-state index contributed by atoms with van der Waals surface area (Å²) in [6.45, 7) is 9.34. The Kier molecular flexibility index (Phi) is 6.41. The summed E-state index contributed by atoms with van der Waals surface area (Å²) in [5.41, 5.74) is 2.61. The predicted octanol–water partition coefficient (Wildman–Crippen LogP) is 3.10. The van der Waals surface area contributed by atoms with Crippen LogP contribution in [-0.2, 0) is 4.79 Å². The summed E-state index contributed by atoms with van der Waals surface area (Å²) in [5.74, 6) is 0.339. The molecule has 1 aliphatic heterocycles. The van der Waals surface area contributed by atoms with Crippen LogP contribution in [0.4, 0.5) is 0 Å². The van der Waals surface area contributed by atoms with Crippen LogP contribution in [-0.4, -0.2) is 37.0 Å². The molecule has 1 saturated heterocycles. The summed E-state index contributed by atoms with van der Waals surface area (Å²) in [4.78, 5) is 14.4. The van der Waals surface area contributed by atoms with Crippen molar-refractivity contribution < 1.29 is 4.79 Å². The molecular formula is C19H26N2O. The summed E-state index contributed by atoms with van der Waals surface area (Å²) < 4.78 is 0. The average molecular weight is 298 g/mol. The number of piperidine rings is 1. The first kappa shape index (κ1) is 16.5. The molecule has 0 atom stereocenters. The van der Waals surface area contributed by atoms with E-state index in [0.29, 0.717) is 6.54 Å². The van der Waals surface area contributed by atoms with Crippen LogP contribution in [0.5, 0.6) is 0 Å². The van der Waals surface area contributed by atoms with Gasteiger partial charge in [0.05, 0.1) is 0 Å². The van der Waals surface area contributed by atoms with E-state index in [1.54, 1.807) is 6.08 Å². The van der Waals surface area contributed by atoms with Gasteiger partial charge in [0.1, 0.15) is 0 Å². The monoisotopic (exact) mass is 298 g/mol. The predicted molar refractivity (Wildman–Crippen MR) is 92.5 cm³/mol. The van der Waals surface area contributed by atoms with Gasteiger partial charge in [-0.05, 0) is 38.4 Å². The van der Waals surface area contributed by atoms with Crippen LogP contribution in [0.1, 0.15) is 25.3 Å². The second-order valence-corrected chi connectivity index (χ2v) is 5.99. The highest BCUT2D eigenvalue weighted by molar-refractivity contribution is 5.78. The Bertz CT molecular complexity index is 513. The lowest BCUT2D eigenvalue weighted by Crippen LogP contribution is -2.41. The molecular weight excluding hydrogens is 272 g/mol. The van der Waals surface area contributed by atoms with Crippen molar-refractivity contribution in [3.63, 3.8) is 0 Å². The lowest BCUT2D eigenvalue weighted by Gasteiger charge is -2.31. The number of nitrogens with zero attached hydrogens (tertiary/aromatic N) is 1. The third kappa shape index (κ3) is 5.15. The molecule has 3 heteroatoms. The van der Waals surface area contributed by atoms with Crippen LogP contribution < -0.4 is 5.32 Å². The SMILES string of the molecule is C=CCNC(=O)C1CCN(C/C(C)=C/c2ccccc2)CC1. The highest BCUT2D eigenvalue weighted by Crippen LogP contribution is 2.18. The van der Waals surface area contributed by atoms with Crippen molar-refractivity contribution in [2.75, 3.05) is 26.2 Å². The molecule has 1 amide bonds. The third-order valence-corrected chi connectivity index (χ3v) is 4.06. The molecule has 2 rings (SSSR count). The smallest absolute Gasteiger partial charge is 0.223 e. The minimum absolute atomic E-state index is 0.162. The van der Waals surface area contributed by atoms with E-state index >= 15 is 0 Å². The number of rotatable bonds is 6. The molecule has 0 aromatic heterocycles. The summed E-state index contributed by atoms with van der Waals surface area (Å²) in [7, 11) is 0. The van der Waals surface area contributed by atoms with Crippen molar-refractivity contribution in [3.05, 3.63) is 54.1 Å². The van der Waals surface area contributed by atoms with Crippen LogP contribution in [0.2, 0.25) is 0 Å². The van der Waals surface area contributed by atoms with E-state index < -0.39 is 0 Å². The molecule has 1 N–H and O–H groups in total. The number of carbonyl (C=O) groups excluding carboxylic acids is 1. The summed E-state index contributed by atoms with van der Waals surface area (Å²) in [6, 6.07) is 10.4. The number of likely N-dealkylation sites (tertiary alicyclic amines) is 1. The maximum absolute atomic E-state index is 11.9. The molecule has 1 aliphatic rings. The molecule has 0 unspecified atom stereocenters. The minimum Gasteiger partial charge on any atom is -0.352 e. The molecule has 1 fully saturated rings. The van der Waals surface area contributed by atoms with Gasteiger partial charge < -0.3 is 5.32 Å². The van der Waals surface area contributed by atoms with Crippen molar-refractivity contribution in [1.82, 2.24) is 10.2 Å². The van der Waals surface area contributed by atoms with Crippen molar-refractivity contribution >= 4 is 12.0 Å². The lowest BCUT2D eigenvalue weighted by molar-refractivity contribution is -0.126. The van der Waals surface area contributed by atoms with Crippen LogP contribution in [0.3, 0.4) is 0 Å². The molecule has 0 spiro atoms. The number of benzene rings is 1. The van der Waals surface area contributed by atoms with Gasteiger partial charge in [-0.15, -0.1) is 6.58 Å². The number of hydrogen-bond acceptors (Lipinski definition) is 2. The van der Waals surface area contributed by atoms with Gasteiger partial charge in [-0.25, -0.2) is 0 Å². The Balaban J connectivity index is 1.78. The van der Waals surface area contributed by atoms with Crippen molar-refractivity contribution in [1.29, 1.82) is 0 Å². The number of hydrogen-bond donors (Lipinski definition) is 1. The summed E-state index contributed by atoms with van der Waals surface area (Å²) in [6.07, 6.45) is 5.86. The van der Waals surface area contributed by atoms with Gasteiger partial charge in [-0.1, -0.05) is 48.1 Å². The zero-order valence-electron chi connectivity index (χ0n) is 13.4. The largest absolute Gasteiger partial charge is 0.352 e. The standard InChI is InChI=1S/C19H26N2O/c1-3-11-20-19(22)18-9-12-21(13-10-18)15-16(2)14-17-7-5-4-6-8-17/h3-8,14,18H,1,9-13,15H2,2H3,(H,20,22)/b16-14+. The van der Waals surface area contributed by atoms with E-state index in [4.69, 9.17) is 0 Å². The maximum atomic E-state index is 11.9. The highest BCUT2D eigenvalue weighted by Gasteiger charge is 2.24. The first-order valence-corrected chi connectivity index (χ1v) is 8.02. The Morgan fingerprint density at radius 1 is 1.32 bits per heavy atom. The Labute approximate surface area is 133 Å². The highest BCUT2D eigenvalue weighted by atomic mass is 16.1. The molecule has 0 saturated carbocycles. The first-order chi connectivity index (χ1) is 10.7. The van der Waals surface area contributed by atoms with Crippen molar-refractivity contribution in [3.8, 4) is 0 Å². The van der Waals surface area contributed by atoms with Crippen LogP contribution in [0, 0.1) is 5.92 Å². The molecule has 0 aliphatic carbocycles. The van der Waals surface area contributed by atoms with Gasteiger partial charge in [-0.3, -0.25) is 9.69 Å². The van der Waals surface area contributed by atoms with Crippen molar-refractivity contribution in [2.45, 2.75) is 19.8 Å². The summed E-state index contributed by atoms with van der Waals surface area (Å²) in [5, 5.41) is 2.90. The number of nitrogens with one attached hydrogen (secondary N) is 1. The van der Waals surface area contributed by atoms with E-state index in [-0.39, 0.29) is 11.8 Å². The van der Waals surface area contributed by atoms with Crippen LogP contribution in [0.15, 0.2) is 48.6 Å². The Morgan fingerprint density at radius 3 is 2.64 bits per heavy atom. The third-order valence-electron chi connectivity index (χ3n) is 4.06. The van der Waals surface area contributed by atoms with Crippen molar-refractivity contribution in [2.24, 2.45) is 5.92 Å². The zero-order chi connectivity index (χ0) is 15.8. The van der Waals surface area contributed by atoms with E-state index in [2.05, 4.69) is 54.1 Å². The van der Waals surface area contributed by atoms with E-state index in [1.807, 2.05) is 6.07 Å². The molecule has 1 aromatic carbocycles. The van der Waals surface area contributed by atoms with Gasteiger partial charge in [-0.2, -0.15) is 0 Å². The second kappa shape index (κ2) is 8.54. The maximum Gasteiger partial charge on any atom is 0.223 e. The summed E-state index contributed by atoms with van der Waals surface area (Å²) >= 11 is 0. The van der Waals surface area contributed by atoms with E-state index in [9.17, 15) is 4.79 Å². The molecule has 22 heavy (non-hydrogen) atoms. The van der Waals surface area contributed by atoms with Gasteiger partial charge >= 0.3 is 0 Å². The van der Waals surface area contributed by atoms with Gasteiger partial charge in [0, 0.05) is 19.0 Å². The molecule has 0 bridgehead atoms. The molecule has 1 heterocycles. The molecule has 0 radical (unpaired) electrons. The van der Waals surface area contributed by atoms with Crippen LogP contribution in [0.25, 0.3) is 6.08 Å². The van der Waals surface area contributed by atoms with E-state index in [0.717, 1.165) is 32.5 Å². The van der Waals surface area contributed by atoms with E-state index in [1.165, 1.54) is 11.1 Å². The second-order valence-electron chi connectivity index (χ2n) is 5.99. The normalized spacial score (nSPS) is 17.2. The Morgan fingerprint density at radius 2 is 2.00 bits per heavy atom. The van der Waals surface area contributed by atoms with Gasteiger partial charge in [0.15, 0.2) is 0 Å². The molecule has 118 valence electrons. The fourth-order valence-corrected chi connectivity index (χ4v) is 2.90. The lowest BCUT2D eigenvalue weighted by atomic mass is 9.95. The first-order valence-electron chi connectivity index (χ1n) is 8.02. The molecule has 3 nitrogen and oxygen atoms in total.